The second-order valence-electron chi connectivity index (χ2n) is 9.04. The lowest BCUT2D eigenvalue weighted by molar-refractivity contribution is -0.132. The molecule has 1 aromatic heterocycles. The van der Waals surface area contributed by atoms with E-state index in [9.17, 15) is 14.4 Å². The van der Waals surface area contributed by atoms with Crippen molar-refractivity contribution in [2.75, 3.05) is 18.5 Å². The van der Waals surface area contributed by atoms with Crippen LogP contribution in [-0.4, -0.2) is 46.8 Å². The molecule has 1 fully saturated rings. The smallest absolute Gasteiger partial charge is 0.257 e. The fraction of sp³-hybridized carbons (Fsp3) is 0.346. The second-order valence-corrected chi connectivity index (χ2v) is 9.04. The molecular weight excluding hydrogens is 418 g/mol. The van der Waals surface area contributed by atoms with Crippen LogP contribution in [-0.2, 0) is 9.59 Å². The maximum absolute atomic E-state index is 13.4. The molecule has 0 bridgehead atoms. The van der Waals surface area contributed by atoms with Crippen molar-refractivity contribution in [2.24, 2.45) is 0 Å². The van der Waals surface area contributed by atoms with Crippen LogP contribution in [0.15, 0.2) is 59.0 Å². The molecule has 5 rings (SSSR count). The molecule has 0 spiro atoms. The molecule has 2 aromatic carbocycles. The fourth-order valence-electron chi connectivity index (χ4n) is 5.04. The van der Waals surface area contributed by atoms with Crippen molar-refractivity contribution in [3.63, 3.8) is 0 Å². The molecule has 2 aliphatic heterocycles. The van der Waals surface area contributed by atoms with Gasteiger partial charge in [-0.1, -0.05) is 30.3 Å². The van der Waals surface area contributed by atoms with E-state index in [1.807, 2.05) is 56.3 Å². The summed E-state index contributed by atoms with van der Waals surface area (Å²) in [7, 11) is 1.75. The van der Waals surface area contributed by atoms with Gasteiger partial charge < -0.3 is 14.2 Å². The van der Waals surface area contributed by atoms with Crippen LogP contribution in [0.3, 0.4) is 0 Å². The number of hydrogen-bond donors (Lipinski definition) is 0. The maximum atomic E-state index is 13.4. The van der Waals surface area contributed by atoms with Gasteiger partial charge in [-0.3, -0.25) is 19.3 Å². The Labute approximate surface area is 192 Å². The minimum absolute atomic E-state index is 0.00408. The Morgan fingerprint density at radius 1 is 1.15 bits per heavy atom. The summed E-state index contributed by atoms with van der Waals surface area (Å²) in [5.74, 6) is 0.493. The molecule has 3 aromatic rings. The summed E-state index contributed by atoms with van der Waals surface area (Å²) in [4.78, 5) is 44.2. The van der Waals surface area contributed by atoms with Gasteiger partial charge in [0.05, 0.1) is 17.3 Å². The van der Waals surface area contributed by atoms with E-state index in [-0.39, 0.29) is 36.7 Å². The third-order valence-corrected chi connectivity index (χ3v) is 7.13. The van der Waals surface area contributed by atoms with Crippen molar-refractivity contribution in [1.82, 2.24) is 9.80 Å². The average Bonchev–Trinajstić information content (AvgIpc) is 3.39. The van der Waals surface area contributed by atoms with Gasteiger partial charge in [0.1, 0.15) is 17.0 Å². The Kier molecular flexibility index (Phi) is 5.00. The Bertz CT molecular complexity index is 1230. The Morgan fingerprint density at radius 2 is 1.88 bits per heavy atom. The topological polar surface area (TPSA) is 74.1 Å². The number of fused-ring (bicyclic) bond motifs is 4. The first-order valence-electron chi connectivity index (χ1n) is 11.3. The normalized spacial score (nSPS) is 20.7. The van der Waals surface area contributed by atoms with Gasteiger partial charge in [0.25, 0.3) is 5.91 Å². The highest BCUT2D eigenvalue weighted by Crippen LogP contribution is 2.44. The molecular formula is C26H27N3O4. The lowest BCUT2D eigenvalue weighted by atomic mass is 9.98. The van der Waals surface area contributed by atoms with E-state index in [2.05, 4.69) is 0 Å². The zero-order valence-corrected chi connectivity index (χ0v) is 19.1. The number of carbonyl (C=O) groups is 3. The van der Waals surface area contributed by atoms with Gasteiger partial charge in [-0.15, -0.1) is 0 Å². The van der Waals surface area contributed by atoms with Crippen molar-refractivity contribution in [1.29, 1.82) is 0 Å². The van der Waals surface area contributed by atoms with Crippen LogP contribution in [0.2, 0.25) is 0 Å². The molecule has 0 saturated carbocycles. The standard InChI is InChI=1S/C26H27N3O4/c1-17(22-16-18-8-4-7-11-21(18)33-22)27(3)23(30)13-15-28-25(32)19-9-5-6-10-20(19)29-24(31)12-14-26(28,29)2/h4-11,16-17H,12-15H2,1-3H3. The number of hydrogen-bond acceptors (Lipinski definition) is 4. The summed E-state index contributed by atoms with van der Waals surface area (Å²) in [5, 5.41) is 0.997. The Morgan fingerprint density at radius 3 is 2.67 bits per heavy atom. The highest BCUT2D eigenvalue weighted by molar-refractivity contribution is 6.10. The molecule has 1 saturated heterocycles. The Hall–Kier alpha value is -3.61. The zero-order chi connectivity index (χ0) is 23.3. The first-order chi connectivity index (χ1) is 15.8. The second kappa shape index (κ2) is 7.76. The number of carbonyl (C=O) groups excluding carboxylic acids is 3. The van der Waals surface area contributed by atoms with Crippen molar-refractivity contribution in [3.8, 4) is 0 Å². The van der Waals surface area contributed by atoms with Crippen molar-refractivity contribution < 1.29 is 18.8 Å². The SMILES string of the molecule is CC(c1cc2ccccc2o1)N(C)C(=O)CCN1C(=O)c2ccccc2N2C(=O)CCC12C. The molecule has 2 unspecified atom stereocenters. The van der Waals surface area contributed by atoms with E-state index in [1.54, 1.807) is 33.9 Å². The maximum Gasteiger partial charge on any atom is 0.257 e. The average molecular weight is 446 g/mol. The predicted molar refractivity (Wildman–Crippen MR) is 125 cm³/mol. The fourth-order valence-corrected chi connectivity index (χ4v) is 5.04. The largest absolute Gasteiger partial charge is 0.459 e. The van der Waals surface area contributed by atoms with Gasteiger partial charge in [0, 0.05) is 31.8 Å². The molecule has 0 aliphatic carbocycles. The zero-order valence-electron chi connectivity index (χ0n) is 19.1. The van der Waals surface area contributed by atoms with Crippen LogP contribution in [0.1, 0.15) is 55.3 Å². The van der Waals surface area contributed by atoms with Crippen molar-refractivity contribution in [3.05, 3.63) is 65.9 Å². The summed E-state index contributed by atoms with van der Waals surface area (Å²) in [6, 6.07) is 16.7. The summed E-state index contributed by atoms with van der Waals surface area (Å²) >= 11 is 0. The van der Waals surface area contributed by atoms with Crippen LogP contribution in [0, 0.1) is 0 Å². The predicted octanol–water partition coefficient (Wildman–Crippen LogP) is 4.34. The van der Waals surface area contributed by atoms with Crippen molar-refractivity contribution >= 4 is 34.4 Å². The minimum Gasteiger partial charge on any atom is -0.459 e. The molecule has 2 aliphatic rings. The van der Waals surface area contributed by atoms with Gasteiger partial charge in [-0.05, 0) is 44.5 Å². The molecule has 33 heavy (non-hydrogen) atoms. The van der Waals surface area contributed by atoms with E-state index in [0.717, 1.165) is 16.7 Å². The van der Waals surface area contributed by atoms with E-state index >= 15 is 0 Å². The summed E-state index contributed by atoms with van der Waals surface area (Å²) in [6.07, 6.45) is 1.09. The molecule has 0 N–H and O–H groups in total. The van der Waals surface area contributed by atoms with Gasteiger partial charge in [0.15, 0.2) is 0 Å². The summed E-state index contributed by atoms with van der Waals surface area (Å²) < 4.78 is 5.93. The third-order valence-electron chi connectivity index (χ3n) is 7.13. The first kappa shape index (κ1) is 21.2. The molecule has 0 radical (unpaired) electrons. The van der Waals surface area contributed by atoms with Crippen LogP contribution in [0.25, 0.3) is 11.0 Å². The monoisotopic (exact) mass is 445 g/mol. The Balaban J connectivity index is 1.34. The highest BCUT2D eigenvalue weighted by Gasteiger charge is 2.52. The molecule has 170 valence electrons. The van der Waals surface area contributed by atoms with Crippen LogP contribution in [0.5, 0.6) is 0 Å². The summed E-state index contributed by atoms with van der Waals surface area (Å²) in [5.41, 5.74) is 1.19. The third kappa shape index (κ3) is 3.30. The van der Waals surface area contributed by atoms with E-state index in [1.165, 1.54) is 0 Å². The molecule has 7 heteroatoms. The number of furan rings is 1. The van der Waals surface area contributed by atoms with E-state index in [0.29, 0.717) is 24.1 Å². The number of rotatable bonds is 5. The number of benzene rings is 2. The van der Waals surface area contributed by atoms with Crippen molar-refractivity contribution in [2.45, 2.75) is 44.8 Å². The van der Waals surface area contributed by atoms with E-state index in [4.69, 9.17) is 4.42 Å². The number of amides is 3. The first-order valence-corrected chi connectivity index (χ1v) is 11.3. The van der Waals surface area contributed by atoms with Crippen LogP contribution >= 0.6 is 0 Å². The quantitative estimate of drug-likeness (QED) is 0.586. The lowest BCUT2D eigenvalue weighted by Crippen LogP contribution is -2.62. The van der Waals surface area contributed by atoms with E-state index < -0.39 is 5.66 Å². The van der Waals surface area contributed by atoms with Gasteiger partial charge in [0.2, 0.25) is 11.8 Å². The highest BCUT2D eigenvalue weighted by atomic mass is 16.3. The van der Waals surface area contributed by atoms with Gasteiger partial charge >= 0.3 is 0 Å². The minimum atomic E-state index is -0.758. The molecule has 3 amide bonds. The van der Waals surface area contributed by atoms with Crippen LogP contribution < -0.4 is 4.90 Å². The molecule has 3 heterocycles. The summed E-state index contributed by atoms with van der Waals surface area (Å²) in [6.45, 7) is 4.08. The number of para-hydroxylation sites is 2. The van der Waals surface area contributed by atoms with Gasteiger partial charge in [-0.2, -0.15) is 0 Å². The lowest BCUT2D eigenvalue weighted by Gasteiger charge is -2.48. The molecule has 2 atom stereocenters. The molecule has 7 nitrogen and oxygen atoms in total. The van der Waals surface area contributed by atoms with Gasteiger partial charge in [-0.25, -0.2) is 0 Å². The van der Waals surface area contributed by atoms with Crippen LogP contribution in [0.4, 0.5) is 5.69 Å². The number of nitrogens with zero attached hydrogens (tertiary/aromatic N) is 3. The number of anilines is 1.